The molecule has 0 radical (unpaired) electrons. The molecule has 1 N–H and O–H groups in total. The van der Waals surface area contributed by atoms with Crippen molar-refractivity contribution in [1.82, 2.24) is 9.29 Å². The van der Waals surface area contributed by atoms with Gasteiger partial charge in [-0.1, -0.05) is 37.6 Å². The van der Waals surface area contributed by atoms with Crippen molar-refractivity contribution in [2.75, 3.05) is 18.4 Å². The van der Waals surface area contributed by atoms with Gasteiger partial charge >= 0.3 is 0 Å². The van der Waals surface area contributed by atoms with Crippen molar-refractivity contribution >= 4 is 44.1 Å². The van der Waals surface area contributed by atoms with Gasteiger partial charge in [0.05, 0.1) is 16.1 Å². The van der Waals surface area contributed by atoms with Crippen LogP contribution in [-0.4, -0.2) is 36.7 Å². The Labute approximate surface area is 175 Å². The van der Waals surface area contributed by atoms with Gasteiger partial charge in [-0.25, -0.2) is 8.42 Å². The molecule has 0 saturated carbocycles. The number of amides is 1. The van der Waals surface area contributed by atoms with E-state index < -0.39 is 15.9 Å². The number of aryl methyl sites for hydroxylation is 1. The molecule has 152 valence electrons. The standard InChI is InChI=1S/C21H22ClN3O3S/c1-4-25(5-2)29(27,28)17-9-8-14(3)18(13-17)21(26)24-19-12-16(22)11-15-7-6-10-23-20(15)19/h6-13H,4-5H2,1-3H3,(H,24,26). The van der Waals surface area contributed by atoms with Crippen LogP contribution in [0.4, 0.5) is 5.69 Å². The van der Waals surface area contributed by atoms with Gasteiger partial charge in [0.25, 0.3) is 5.91 Å². The summed E-state index contributed by atoms with van der Waals surface area (Å²) in [7, 11) is -3.67. The van der Waals surface area contributed by atoms with Crippen LogP contribution in [0, 0.1) is 6.92 Å². The molecule has 3 aromatic rings. The van der Waals surface area contributed by atoms with Crippen molar-refractivity contribution in [3.8, 4) is 0 Å². The molecule has 1 heterocycles. The minimum absolute atomic E-state index is 0.0889. The topological polar surface area (TPSA) is 79.4 Å². The molecule has 0 atom stereocenters. The van der Waals surface area contributed by atoms with Gasteiger partial charge in [0, 0.05) is 35.3 Å². The number of nitrogens with one attached hydrogen (secondary N) is 1. The number of rotatable bonds is 6. The van der Waals surface area contributed by atoms with Crippen molar-refractivity contribution in [3.05, 3.63) is 64.8 Å². The van der Waals surface area contributed by atoms with E-state index in [1.54, 1.807) is 51.2 Å². The van der Waals surface area contributed by atoms with E-state index in [9.17, 15) is 13.2 Å². The predicted octanol–water partition coefficient (Wildman–Crippen LogP) is 4.48. The first-order valence-electron chi connectivity index (χ1n) is 9.24. The summed E-state index contributed by atoms with van der Waals surface area (Å²) in [6.45, 7) is 6.03. The first-order valence-corrected chi connectivity index (χ1v) is 11.1. The van der Waals surface area contributed by atoms with Crippen LogP contribution in [0.5, 0.6) is 0 Å². The maximum absolute atomic E-state index is 13.0. The van der Waals surface area contributed by atoms with Crippen LogP contribution in [0.1, 0.15) is 29.8 Å². The number of aromatic nitrogens is 1. The number of hydrogen-bond acceptors (Lipinski definition) is 4. The van der Waals surface area contributed by atoms with Gasteiger partial charge < -0.3 is 5.32 Å². The maximum atomic E-state index is 13.0. The lowest BCUT2D eigenvalue weighted by Crippen LogP contribution is -2.30. The van der Waals surface area contributed by atoms with E-state index in [2.05, 4.69) is 10.3 Å². The number of fused-ring (bicyclic) bond motifs is 1. The highest BCUT2D eigenvalue weighted by Gasteiger charge is 2.23. The monoisotopic (exact) mass is 431 g/mol. The number of sulfonamides is 1. The van der Waals surface area contributed by atoms with Crippen LogP contribution in [0.2, 0.25) is 5.02 Å². The predicted molar refractivity (Wildman–Crippen MR) is 116 cm³/mol. The minimum Gasteiger partial charge on any atom is -0.320 e. The summed E-state index contributed by atoms with van der Waals surface area (Å²) in [5.41, 5.74) is 2.02. The molecule has 0 aliphatic rings. The number of halogens is 1. The van der Waals surface area contributed by atoms with Crippen LogP contribution < -0.4 is 5.32 Å². The molecule has 0 bridgehead atoms. The maximum Gasteiger partial charge on any atom is 0.256 e. The third-order valence-electron chi connectivity index (χ3n) is 4.71. The average molecular weight is 432 g/mol. The molecule has 2 aromatic carbocycles. The number of benzene rings is 2. The summed E-state index contributed by atoms with van der Waals surface area (Å²) < 4.78 is 27.0. The Bertz CT molecular complexity index is 1180. The zero-order valence-electron chi connectivity index (χ0n) is 16.4. The van der Waals surface area contributed by atoms with E-state index in [0.717, 1.165) is 5.39 Å². The lowest BCUT2D eigenvalue weighted by Gasteiger charge is -2.19. The van der Waals surface area contributed by atoms with E-state index in [4.69, 9.17) is 11.6 Å². The smallest absolute Gasteiger partial charge is 0.256 e. The first kappa shape index (κ1) is 21.2. The van der Waals surface area contributed by atoms with E-state index in [1.807, 2.05) is 6.07 Å². The molecule has 1 aromatic heterocycles. The lowest BCUT2D eigenvalue weighted by atomic mass is 10.1. The third-order valence-corrected chi connectivity index (χ3v) is 6.98. The molecular formula is C21H22ClN3O3S. The lowest BCUT2D eigenvalue weighted by molar-refractivity contribution is 0.102. The van der Waals surface area contributed by atoms with E-state index in [-0.39, 0.29) is 10.5 Å². The second-order valence-electron chi connectivity index (χ2n) is 6.55. The normalized spacial score (nSPS) is 11.8. The van der Waals surface area contributed by atoms with Crippen LogP contribution >= 0.6 is 11.6 Å². The third kappa shape index (κ3) is 4.27. The Hall–Kier alpha value is -2.48. The van der Waals surface area contributed by atoms with Gasteiger partial charge in [0.15, 0.2) is 0 Å². The zero-order chi connectivity index (χ0) is 21.2. The molecule has 3 rings (SSSR count). The van der Waals surface area contributed by atoms with Gasteiger partial charge in [0.1, 0.15) is 0 Å². The number of carbonyl (C=O) groups excluding carboxylic acids is 1. The van der Waals surface area contributed by atoms with Crippen molar-refractivity contribution in [3.63, 3.8) is 0 Å². The molecule has 0 fully saturated rings. The second-order valence-corrected chi connectivity index (χ2v) is 8.92. The molecule has 1 amide bonds. The minimum atomic E-state index is -3.67. The summed E-state index contributed by atoms with van der Waals surface area (Å²) in [5.74, 6) is -0.423. The van der Waals surface area contributed by atoms with Gasteiger partial charge in [0.2, 0.25) is 10.0 Å². The van der Waals surface area contributed by atoms with E-state index >= 15 is 0 Å². The molecule has 0 saturated heterocycles. The van der Waals surface area contributed by atoms with Gasteiger partial charge in [-0.15, -0.1) is 0 Å². The fraction of sp³-hybridized carbons (Fsp3) is 0.238. The SMILES string of the molecule is CCN(CC)S(=O)(=O)c1ccc(C)c(C(=O)Nc2cc(Cl)cc3cccnc23)c1. The van der Waals surface area contributed by atoms with Gasteiger partial charge in [-0.2, -0.15) is 4.31 Å². The largest absolute Gasteiger partial charge is 0.320 e. The number of nitrogens with zero attached hydrogens (tertiary/aromatic N) is 2. The average Bonchev–Trinajstić information content (AvgIpc) is 2.68. The van der Waals surface area contributed by atoms with E-state index in [1.165, 1.54) is 16.4 Å². The molecule has 8 heteroatoms. The molecule has 6 nitrogen and oxygen atoms in total. The molecular weight excluding hydrogens is 410 g/mol. The highest BCUT2D eigenvalue weighted by Crippen LogP contribution is 2.27. The zero-order valence-corrected chi connectivity index (χ0v) is 18.0. The summed E-state index contributed by atoms with van der Waals surface area (Å²) in [6, 6.07) is 11.6. The Morgan fingerprint density at radius 2 is 1.86 bits per heavy atom. The van der Waals surface area contributed by atoms with Gasteiger partial charge in [-0.05, 0) is 42.8 Å². The first-order chi connectivity index (χ1) is 13.8. The Morgan fingerprint density at radius 3 is 2.55 bits per heavy atom. The molecule has 0 aliphatic carbocycles. The van der Waals surface area contributed by atoms with Crippen molar-refractivity contribution in [2.45, 2.75) is 25.7 Å². The summed E-state index contributed by atoms with van der Waals surface area (Å²) in [6.07, 6.45) is 1.63. The fourth-order valence-corrected chi connectivity index (χ4v) is 4.87. The Balaban J connectivity index is 2.01. The highest BCUT2D eigenvalue weighted by molar-refractivity contribution is 7.89. The van der Waals surface area contributed by atoms with Crippen LogP contribution in [0.15, 0.2) is 53.6 Å². The fourth-order valence-electron chi connectivity index (χ4n) is 3.16. The Kier molecular flexibility index (Phi) is 6.21. The molecule has 29 heavy (non-hydrogen) atoms. The summed E-state index contributed by atoms with van der Waals surface area (Å²) >= 11 is 6.17. The van der Waals surface area contributed by atoms with E-state index in [0.29, 0.717) is 34.9 Å². The highest BCUT2D eigenvalue weighted by atomic mass is 35.5. The van der Waals surface area contributed by atoms with Crippen LogP contribution in [-0.2, 0) is 10.0 Å². The molecule has 0 unspecified atom stereocenters. The Morgan fingerprint density at radius 1 is 1.14 bits per heavy atom. The number of pyridine rings is 1. The van der Waals surface area contributed by atoms with Crippen molar-refractivity contribution < 1.29 is 13.2 Å². The quantitative estimate of drug-likeness (QED) is 0.624. The van der Waals surface area contributed by atoms with Gasteiger partial charge in [-0.3, -0.25) is 9.78 Å². The second kappa shape index (κ2) is 8.49. The van der Waals surface area contributed by atoms with Crippen LogP contribution in [0.25, 0.3) is 10.9 Å². The summed E-state index contributed by atoms with van der Waals surface area (Å²) in [5, 5.41) is 4.09. The number of anilines is 1. The van der Waals surface area contributed by atoms with Crippen LogP contribution in [0.3, 0.4) is 0 Å². The molecule has 0 spiro atoms. The molecule has 0 aliphatic heterocycles. The summed E-state index contributed by atoms with van der Waals surface area (Å²) in [4.78, 5) is 17.4. The van der Waals surface area contributed by atoms with Crippen molar-refractivity contribution in [2.24, 2.45) is 0 Å². The van der Waals surface area contributed by atoms with Crippen molar-refractivity contribution in [1.29, 1.82) is 0 Å². The number of hydrogen-bond donors (Lipinski definition) is 1. The number of carbonyl (C=O) groups is 1.